The molecule has 1 heterocycles. The van der Waals surface area contributed by atoms with E-state index in [1.807, 2.05) is 13.8 Å². The molecule has 2 atom stereocenters. The van der Waals surface area contributed by atoms with Crippen molar-refractivity contribution in [2.75, 3.05) is 0 Å². The van der Waals surface area contributed by atoms with Crippen molar-refractivity contribution in [3.63, 3.8) is 0 Å². The van der Waals surface area contributed by atoms with Crippen LogP contribution in [0.4, 0.5) is 0 Å². The average Bonchev–Trinajstić information content (AvgIpc) is 2.49. The summed E-state index contributed by atoms with van der Waals surface area (Å²) in [6, 6.07) is 2.98. The molecular formula is C9H13BrClNO2S2. The number of sulfonamides is 1. The Morgan fingerprint density at radius 2 is 2.12 bits per heavy atom. The van der Waals surface area contributed by atoms with Gasteiger partial charge in [-0.1, -0.05) is 34.5 Å². The van der Waals surface area contributed by atoms with E-state index in [9.17, 15) is 8.42 Å². The summed E-state index contributed by atoms with van der Waals surface area (Å²) in [6.07, 6.45) is 0.734. The van der Waals surface area contributed by atoms with Crippen LogP contribution in [0, 0.1) is 0 Å². The second kappa shape index (κ2) is 5.82. The summed E-state index contributed by atoms with van der Waals surface area (Å²) in [4.78, 5) is 0.275. The molecule has 2 unspecified atom stereocenters. The lowest BCUT2D eigenvalue weighted by Gasteiger charge is -2.14. The Kier molecular flexibility index (Phi) is 5.25. The van der Waals surface area contributed by atoms with Gasteiger partial charge in [-0.3, -0.25) is 0 Å². The quantitative estimate of drug-likeness (QED) is 0.832. The van der Waals surface area contributed by atoms with E-state index in [0.717, 1.165) is 17.8 Å². The lowest BCUT2D eigenvalue weighted by atomic mass is 10.2. The summed E-state index contributed by atoms with van der Waals surface area (Å²) in [5.41, 5.74) is 0. The Labute approximate surface area is 113 Å². The van der Waals surface area contributed by atoms with Gasteiger partial charge in [0, 0.05) is 10.9 Å². The normalized spacial score (nSPS) is 16.0. The predicted octanol–water partition coefficient (Wildman–Crippen LogP) is 3.24. The maximum absolute atomic E-state index is 11.9. The molecule has 1 aromatic rings. The molecule has 0 spiro atoms. The highest BCUT2D eigenvalue weighted by molar-refractivity contribution is 9.09. The van der Waals surface area contributed by atoms with E-state index in [0.29, 0.717) is 4.34 Å². The molecule has 3 nitrogen and oxygen atoms in total. The minimum absolute atomic E-state index is 0.111. The highest BCUT2D eigenvalue weighted by Crippen LogP contribution is 2.25. The molecule has 0 radical (unpaired) electrons. The zero-order chi connectivity index (χ0) is 12.3. The van der Waals surface area contributed by atoms with Gasteiger partial charge in [-0.15, -0.1) is 11.3 Å². The van der Waals surface area contributed by atoms with Crippen molar-refractivity contribution in [1.82, 2.24) is 4.72 Å². The van der Waals surface area contributed by atoms with Gasteiger partial charge >= 0.3 is 0 Å². The van der Waals surface area contributed by atoms with Crippen LogP contribution in [-0.4, -0.2) is 19.3 Å². The topological polar surface area (TPSA) is 46.2 Å². The van der Waals surface area contributed by atoms with E-state index in [1.54, 1.807) is 6.07 Å². The number of hydrogen-bond donors (Lipinski definition) is 1. The van der Waals surface area contributed by atoms with Crippen molar-refractivity contribution in [1.29, 1.82) is 0 Å². The molecule has 1 rings (SSSR count). The van der Waals surface area contributed by atoms with Crippen LogP contribution in [-0.2, 0) is 10.0 Å². The molecule has 0 aromatic carbocycles. The maximum Gasteiger partial charge on any atom is 0.250 e. The number of alkyl halides is 1. The standard InChI is InChI=1S/C9H13BrClNO2S2/c1-6(10)5-7(2)12-16(13,14)9-4-3-8(11)15-9/h3-4,6-7,12H,5H2,1-2H3. The zero-order valence-electron chi connectivity index (χ0n) is 8.91. The first-order valence-corrected chi connectivity index (χ1v) is 8.32. The van der Waals surface area contributed by atoms with Crippen LogP contribution in [0.5, 0.6) is 0 Å². The molecule has 0 saturated heterocycles. The largest absolute Gasteiger partial charge is 0.250 e. The molecule has 0 aliphatic heterocycles. The summed E-state index contributed by atoms with van der Waals surface area (Å²) in [5, 5.41) is 0. The molecule has 0 amide bonds. The third kappa shape index (κ3) is 4.33. The van der Waals surface area contributed by atoms with Crippen LogP contribution in [0.15, 0.2) is 16.3 Å². The van der Waals surface area contributed by atoms with Crippen molar-refractivity contribution in [3.8, 4) is 0 Å². The van der Waals surface area contributed by atoms with Crippen LogP contribution < -0.4 is 4.72 Å². The van der Waals surface area contributed by atoms with Crippen LogP contribution in [0.1, 0.15) is 20.3 Å². The molecular weight excluding hydrogens is 334 g/mol. The minimum atomic E-state index is -3.42. The highest BCUT2D eigenvalue weighted by atomic mass is 79.9. The summed E-state index contributed by atoms with van der Waals surface area (Å²) < 4.78 is 27.1. The number of nitrogens with one attached hydrogen (secondary N) is 1. The smallest absolute Gasteiger partial charge is 0.208 e. The van der Waals surface area contributed by atoms with Gasteiger partial charge in [-0.05, 0) is 25.5 Å². The second-order valence-corrected chi connectivity index (χ2v) is 8.82. The first-order chi connectivity index (χ1) is 7.31. The fourth-order valence-electron chi connectivity index (χ4n) is 1.30. The van der Waals surface area contributed by atoms with Crippen molar-refractivity contribution < 1.29 is 8.42 Å². The molecule has 16 heavy (non-hydrogen) atoms. The van der Waals surface area contributed by atoms with Crippen molar-refractivity contribution in [2.24, 2.45) is 0 Å². The molecule has 0 saturated carbocycles. The van der Waals surface area contributed by atoms with E-state index < -0.39 is 10.0 Å². The summed E-state index contributed by atoms with van der Waals surface area (Å²) in [7, 11) is -3.42. The Balaban J connectivity index is 2.73. The SMILES string of the molecule is CC(Br)CC(C)NS(=O)(=O)c1ccc(Cl)s1. The van der Waals surface area contributed by atoms with E-state index in [1.165, 1.54) is 6.07 Å². The summed E-state index contributed by atoms with van der Waals surface area (Å²) >= 11 is 10.2. The third-order valence-corrected chi connectivity index (χ3v) is 5.53. The Hall–Kier alpha value is 0.380. The predicted molar refractivity (Wildman–Crippen MR) is 72.1 cm³/mol. The van der Waals surface area contributed by atoms with E-state index in [4.69, 9.17) is 11.6 Å². The fraction of sp³-hybridized carbons (Fsp3) is 0.556. The molecule has 7 heteroatoms. The number of rotatable bonds is 5. The molecule has 0 aliphatic carbocycles. The maximum atomic E-state index is 11.9. The zero-order valence-corrected chi connectivity index (χ0v) is 12.9. The number of thiophene rings is 1. The molecule has 92 valence electrons. The first-order valence-electron chi connectivity index (χ1n) is 4.73. The Morgan fingerprint density at radius 3 is 2.56 bits per heavy atom. The summed E-state index contributed by atoms with van der Waals surface area (Å²) in [5.74, 6) is 0. The van der Waals surface area contributed by atoms with E-state index >= 15 is 0 Å². The van der Waals surface area contributed by atoms with E-state index in [2.05, 4.69) is 20.7 Å². The van der Waals surface area contributed by atoms with Gasteiger partial charge in [0.1, 0.15) is 4.21 Å². The van der Waals surface area contributed by atoms with Gasteiger partial charge in [0.05, 0.1) is 4.34 Å². The van der Waals surface area contributed by atoms with Crippen LogP contribution in [0.2, 0.25) is 4.34 Å². The van der Waals surface area contributed by atoms with E-state index in [-0.39, 0.29) is 15.1 Å². The second-order valence-electron chi connectivity index (χ2n) is 3.60. The van der Waals surface area contributed by atoms with Gasteiger partial charge in [-0.2, -0.15) is 0 Å². The van der Waals surface area contributed by atoms with Gasteiger partial charge in [0.25, 0.3) is 0 Å². The molecule has 0 fully saturated rings. The molecule has 1 N–H and O–H groups in total. The molecule has 1 aromatic heterocycles. The molecule has 0 bridgehead atoms. The lowest BCUT2D eigenvalue weighted by Crippen LogP contribution is -2.33. The lowest BCUT2D eigenvalue weighted by molar-refractivity contribution is 0.549. The van der Waals surface area contributed by atoms with Crippen molar-refractivity contribution in [3.05, 3.63) is 16.5 Å². The first kappa shape index (κ1) is 14.4. The monoisotopic (exact) mass is 345 g/mol. The van der Waals surface area contributed by atoms with Crippen LogP contribution >= 0.6 is 38.9 Å². The van der Waals surface area contributed by atoms with Gasteiger partial charge in [0.2, 0.25) is 10.0 Å². The number of hydrogen-bond acceptors (Lipinski definition) is 3. The van der Waals surface area contributed by atoms with Crippen LogP contribution in [0.3, 0.4) is 0 Å². The average molecular weight is 347 g/mol. The highest BCUT2D eigenvalue weighted by Gasteiger charge is 2.19. The van der Waals surface area contributed by atoms with Gasteiger partial charge in [-0.25, -0.2) is 13.1 Å². The Bertz CT molecular complexity index is 444. The van der Waals surface area contributed by atoms with Gasteiger partial charge in [0.15, 0.2) is 0 Å². The van der Waals surface area contributed by atoms with Gasteiger partial charge < -0.3 is 0 Å². The fourth-order valence-corrected chi connectivity index (χ4v) is 4.62. The third-order valence-electron chi connectivity index (χ3n) is 1.85. The number of halogens is 2. The van der Waals surface area contributed by atoms with Crippen LogP contribution in [0.25, 0.3) is 0 Å². The van der Waals surface area contributed by atoms with Crippen molar-refractivity contribution >= 4 is 48.9 Å². The Morgan fingerprint density at radius 1 is 1.50 bits per heavy atom. The summed E-state index contributed by atoms with van der Waals surface area (Å²) in [6.45, 7) is 3.82. The van der Waals surface area contributed by atoms with Crippen molar-refractivity contribution in [2.45, 2.75) is 35.3 Å². The minimum Gasteiger partial charge on any atom is -0.208 e. The molecule has 0 aliphatic rings.